The minimum atomic E-state index is -0.0685. The molecule has 0 amide bonds. The van der Waals surface area contributed by atoms with Crippen molar-refractivity contribution in [3.05, 3.63) is 53.6 Å². The van der Waals surface area contributed by atoms with Gasteiger partial charge in [0.1, 0.15) is 11.6 Å². The number of nitrogens with zero attached hydrogens (tertiary/aromatic N) is 2. The van der Waals surface area contributed by atoms with Crippen molar-refractivity contribution in [3.63, 3.8) is 0 Å². The summed E-state index contributed by atoms with van der Waals surface area (Å²) >= 11 is 0. The molecule has 0 aliphatic carbocycles. The normalized spacial score (nSPS) is 12.2. The first kappa shape index (κ1) is 12.5. The van der Waals surface area contributed by atoms with E-state index in [0.717, 1.165) is 17.1 Å². The van der Waals surface area contributed by atoms with Crippen LogP contribution in [0.15, 0.2) is 36.7 Å². The minimum Gasteiger partial charge on any atom is -0.496 e. The molecule has 1 unspecified atom stereocenters. The van der Waals surface area contributed by atoms with E-state index in [1.54, 1.807) is 19.5 Å². The standard InChI is InChI=1S/C14H17N3O/c1-10-5-6-12(18-3)11(9-10)13(15-2)14-16-7-4-8-17-14/h4-9,13,15H,1-3H3. The van der Waals surface area contributed by atoms with Crippen molar-refractivity contribution >= 4 is 0 Å². The third kappa shape index (κ3) is 2.49. The molecule has 2 aromatic rings. The predicted octanol–water partition coefficient (Wildman–Crippen LogP) is 2.10. The quantitative estimate of drug-likeness (QED) is 0.893. The molecule has 0 radical (unpaired) electrons. The van der Waals surface area contributed by atoms with Crippen LogP contribution in [0.5, 0.6) is 5.75 Å². The Morgan fingerprint density at radius 3 is 2.56 bits per heavy atom. The molecule has 4 heteroatoms. The molecule has 1 heterocycles. The SMILES string of the molecule is CNC(c1ncccn1)c1cc(C)ccc1OC. The highest BCUT2D eigenvalue weighted by Gasteiger charge is 2.18. The van der Waals surface area contributed by atoms with E-state index in [9.17, 15) is 0 Å². The van der Waals surface area contributed by atoms with Gasteiger partial charge in [-0.3, -0.25) is 0 Å². The van der Waals surface area contributed by atoms with Crippen LogP contribution in [0, 0.1) is 6.92 Å². The first-order valence-corrected chi connectivity index (χ1v) is 5.85. The zero-order valence-electron chi connectivity index (χ0n) is 10.8. The first-order valence-electron chi connectivity index (χ1n) is 5.85. The summed E-state index contributed by atoms with van der Waals surface area (Å²) in [7, 11) is 3.57. The van der Waals surface area contributed by atoms with Gasteiger partial charge in [0.15, 0.2) is 0 Å². The number of aromatic nitrogens is 2. The molecule has 1 aromatic carbocycles. The van der Waals surface area contributed by atoms with Crippen molar-refractivity contribution in [2.45, 2.75) is 13.0 Å². The van der Waals surface area contributed by atoms with Gasteiger partial charge in [-0.2, -0.15) is 0 Å². The molecule has 0 saturated carbocycles. The molecule has 1 aromatic heterocycles. The van der Waals surface area contributed by atoms with Crippen molar-refractivity contribution < 1.29 is 4.74 Å². The van der Waals surface area contributed by atoms with Gasteiger partial charge in [-0.05, 0) is 26.1 Å². The van der Waals surface area contributed by atoms with E-state index in [1.165, 1.54) is 5.56 Å². The number of benzene rings is 1. The summed E-state index contributed by atoms with van der Waals surface area (Å²) < 4.78 is 5.41. The lowest BCUT2D eigenvalue weighted by molar-refractivity contribution is 0.404. The zero-order valence-corrected chi connectivity index (χ0v) is 10.8. The van der Waals surface area contributed by atoms with Crippen molar-refractivity contribution in [2.75, 3.05) is 14.2 Å². The van der Waals surface area contributed by atoms with Crippen LogP contribution < -0.4 is 10.1 Å². The largest absolute Gasteiger partial charge is 0.496 e. The average molecular weight is 243 g/mol. The van der Waals surface area contributed by atoms with Crippen LogP contribution >= 0.6 is 0 Å². The Kier molecular flexibility index (Phi) is 3.89. The summed E-state index contributed by atoms with van der Waals surface area (Å²) in [5, 5.41) is 3.23. The third-order valence-corrected chi connectivity index (χ3v) is 2.83. The molecule has 0 bridgehead atoms. The molecule has 2 rings (SSSR count). The highest BCUT2D eigenvalue weighted by molar-refractivity contribution is 5.41. The van der Waals surface area contributed by atoms with Gasteiger partial charge < -0.3 is 10.1 Å². The maximum Gasteiger partial charge on any atom is 0.149 e. The second-order valence-electron chi connectivity index (χ2n) is 4.07. The number of hydrogen-bond donors (Lipinski definition) is 1. The van der Waals surface area contributed by atoms with Crippen LogP contribution in [0.2, 0.25) is 0 Å². The number of aryl methyl sites for hydroxylation is 1. The second kappa shape index (κ2) is 5.60. The van der Waals surface area contributed by atoms with Gasteiger partial charge in [0, 0.05) is 18.0 Å². The summed E-state index contributed by atoms with van der Waals surface area (Å²) in [5.74, 6) is 1.58. The summed E-state index contributed by atoms with van der Waals surface area (Å²) in [5.41, 5.74) is 2.23. The van der Waals surface area contributed by atoms with E-state index in [-0.39, 0.29) is 6.04 Å². The van der Waals surface area contributed by atoms with E-state index in [0.29, 0.717) is 0 Å². The molecule has 94 valence electrons. The van der Waals surface area contributed by atoms with E-state index in [4.69, 9.17) is 4.74 Å². The maximum absolute atomic E-state index is 5.41. The summed E-state index contributed by atoms with van der Waals surface area (Å²) in [4.78, 5) is 8.60. The molecule has 18 heavy (non-hydrogen) atoms. The van der Waals surface area contributed by atoms with Crippen molar-refractivity contribution in [1.29, 1.82) is 0 Å². The number of methoxy groups -OCH3 is 1. The summed E-state index contributed by atoms with van der Waals surface area (Å²) in [6.45, 7) is 2.06. The highest BCUT2D eigenvalue weighted by Crippen LogP contribution is 2.28. The van der Waals surface area contributed by atoms with Gasteiger partial charge in [0.2, 0.25) is 0 Å². The Balaban J connectivity index is 2.48. The Morgan fingerprint density at radius 1 is 1.22 bits per heavy atom. The molecular formula is C14H17N3O. The third-order valence-electron chi connectivity index (χ3n) is 2.83. The van der Waals surface area contributed by atoms with Crippen LogP contribution in [0.1, 0.15) is 23.0 Å². The molecule has 0 saturated heterocycles. The van der Waals surface area contributed by atoms with Gasteiger partial charge in [0.25, 0.3) is 0 Å². The van der Waals surface area contributed by atoms with Gasteiger partial charge >= 0.3 is 0 Å². The summed E-state index contributed by atoms with van der Waals surface area (Å²) in [6.07, 6.45) is 3.49. The fourth-order valence-corrected chi connectivity index (χ4v) is 1.96. The smallest absolute Gasteiger partial charge is 0.149 e. The van der Waals surface area contributed by atoms with Gasteiger partial charge in [-0.1, -0.05) is 17.7 Å². The van der Waals surface area contributed by atoms with Crippen LogP contribution in [0.3, 0.4) is 0 Å². The van der Waals surface area contributed by atoms with Crippen molar-refractivity contribution in [1.82, 2.24) is 15.3 Å². The first-order chi connectivity index (χ1) is 8.76. The van der Waals surface area contributed by atoms with Gasteiger partial charge in [0.05, 0.1) is 13.2 Å². The lowest BCUT2D eigenvalue weighted by Gasteiger charge is -2.18. The monoisotopic (exact) mass is 243 g/mol. The molecular weight excluding hydrogens is 226 g/mol. The van der Waals surface area contributed by atoms with Crippen LogP contribution in [-0.4, -0.2) is 24.1 Å². The molecule has 4 nitrogen and oxygen atoms in total. The molecule has 0 aliphatic heterocycles. The fraction of sp³-hybridized carbons (Fsp3) is 0.286. The molecule has 0 spiro atoms. The average Bonchev–Trinajstić information content (AvgIpc) is 2.41. The van der Waals surface area contributed by atoms with E-state index >= 15 is 0 Å². The lowest BCUT2D eigenvalue weighted by Crippen LogP contribution is -2.20. The number of hydrogen-bond acceptors (Lipinski definition) is 4. The maximum atomic E-state index is 5.41. The Bertz CT molecular complexity index is 514. The van der Waals surface area contributed by atoms with Crippen LogP contribution in [0.25, 0.3) is 0 Å². The Hall–Kier alpha value is -1.94. The van der Waals surface area contributed by atoms with E-state index < -0.39 is 0 Å². The highest BCUT2D eigenvalue weighted by atomic mass is 16.5. The van der Waals surface area contributed by atoms with Crippen molar-refractivity contribution in [3.8, 4) is 5.75 Å². The molecule has 1 atom stereocenters. The lowest BCUT2D eigenvalue weighted by atomic mass is 10.0. The van der Waals surface area contributed by atoms with E-state index in [1.807, 2.05) is 25.2 Å². The van der Waals surface area contributed by atoms with Crippen LogP contribution in [-0.2, 0) is 0 Å². The Labute approximate surface area is 107 Å². The number of rotatable bonds is 4. The second-order valence-corrected chi connectivity index (χ2v) is 4.07. The van der Waals surface area contributed by atoms with Gasteiger partial charge in [-0.15, -0.1) is 0 Å². The summed E-state index contributed by atoms with van der Waals surface area (Å²) in [6, 6.07) is 7.83. The molecule has 1 N–H and O–H groups in total. The molecule has 0 aliphatic rings. The number of ether oxygens (including phenoxy) is 1. The predicted molar refractivity (Wildman–Crippen MR) is 70.7 cm³/mol. The molecule has 0 fully saturated rings. The Morgan fingerprint density at radius 2 is 1.94 bits per heavy atom. The van der Waals surface area contributed by atoms with Crippen molar-refractivity contribution in [2.24, 2.45) is 0 Å². The van der Waals surface area contributed by atoms with E-state index in [2.05, 4.69) is 28.3 Å². The van der Waals surface area contributed by atoms with Gasteiger partial charge in [-0.25, -0.2) is 9.97 Å². The van der Waals surface area contributed by atoms with Crippen LogP contribution in [0.4, 0.5) is 0 Å². The fourth-order valence-electron chi connectivity index (χ4n) is 1.96. The zero-order chi connectivity index (χ0) is 13.0. The number of nitrogens with one attached hydrogen (secondary N) is 1. The minimum absolute atomic E-state index is 0.0685. The topological polar surface area (TPSA) is 47.0 Å².